The molecule has 0 aromatic heterocycles. The number of hydrogen-bond donors (Lipinski definition) is 2. The van der Waals surface area contributed by atoms with Gasteiger partial charge in [0, 0.05) is 6.54 Å². The maximum absolute atomic E-state index is 11.6. The highest BCUT2D eigenvalue weighted by atomic mass is 16.2. The SMILES string of the molecule is C=CC(=O)NCC(=O)N1CCC[C@H]1C(N)=O. The van der Waals surface area contributed by atoms with Gasteiger partial charge in [-0.15, -0.1) is 0 Å². The summed E-state index contributed by atoms with van der Waals surface area (Å²) in [5.41, 5.74) is 5.17. The summed E-state index contributed by atoms with van der Waals surface area (Å²) in [7, 11) is 0. The molecule has 3 N–H and O–H groups in total. The Bertz CT molecular complexity index is 327. The fraction of sp³-hybridized carbons (Fsp3) is 0.500. The number of primary amides is 1. The molecule has 3 amide bonds. The quantitative estimate of drug-likeness (QED) is 0.586. The maximum atomic E-state index is 11.6. The van der Waals surface area contributed by atoms with Crippen LogP contribution in [0.4, 0.5) is 0 Å². The molecule has 6 heteroatoms. The number of hydrogen-bond acceptors (Lipinski definition) is 3. The molecule has 88 valence electrons. The van der Waals surface area contributed by atoms with E-state index in [-0.39, 0.29) is 12.5 Å². The molecule has 1 atom stereocenters. The van der Waals surface area contributed by atoms with E-state index < -0.39 is 17.9 Å². The van der Waals surface area contributed by atoms with Crippen LogP contribution < -0.4 is 11.1 Å². The van der Waals surface area contributed by atoms with E-state index in [0.717, 1.165) is 12.5 Å². The van der Waals surface area contributed by atoms with Gasteiger partial charge in [-0.3, -0.25) is 14.4 Å². The van der Waals surface area contributed by atoms with Gasteiger partial charge < -0.3 is 16.0 Å². The Balaban J connectivity index is 2.50. The molecule has 0 spiro atoms. The van der Waals surface area contributed by atoms with E-state index in [0.29, 0.717) is 13.0 Å². The smallest absolute Gasteiger partial charge is 0.243 e. The van der Waals surface area contributed by atoms with E-state index in [1.165, 1.54) is 4.90 Å². The zero-order chi connectivity index (χ0) is 12.1. The van der Waals surface area contributed by atoms with Crippen molar-refractivity contribution >= 4 is 17.7 Å². The molecule has 0 aromatic rings. The minimum Gasteiger partial charge on any atom is -0.368 e. The van der Waals surface area contributed by atoms with Crippen molar-refractivity contribution in [3.8, 4) is 0 Å². The van der Waals surface area contributed by atoms with Gasteiger partial charge in [0.05, 0.1) is 6.54 Å². The highest BCUT2D eigenvalue weighted by molar-refractivity contribution is 5.92. The number of amides is 3. The van der Waals surface area contributed by atoms with Crippen LogP contribution in [0.2, 0.25) is 0 Å². The van der Waals surface area contributed by atoms with Gasteiger partial charge in [0.1, 0.15) is 6.04 Å². The third-order valence-corrected chi connectivity index (χ3v) is 2.50. The van der Waals surface area contributed by atoms with Crippen molar-refractivity contribution in [2.75, 3.05) is 13.1 Å². The molecule has 0 unspecified atom stereocenters. The predicted octanol–water partition coefficient (Wildman–Crippen LogP) is -1.24. The van der Waals surface area contributed by atoms with Gasteiger partial charge in [-0.1, -0.05) is 6.58 Å². The maximum Gasteiger partial charge on any atom is 0.243 e. The number of nitrogens with two attached hydrogens (primary N) is 1. The number of carbonyl (C=O) groups is 3. The molecule has 1 rings (SSSR count). The Morgan fingerprint density at radius 1 is 1.50 bits per heavy atom. The summed E-state index contributed by atoms with van der Waals surface area (Å²) >= 11 is 0. The Labute approximate surface area is 93.5 Å². The summed E-state index contributed by atoms with van der Waals surface area (Å²) in [4.78, 5) is 34.9. The third-order valence-electron chi connectivity index (χ3n) is 2.50. The van der Waals surface area contributed by atoms with Crippen molar-refractivity contribution in [2.45, 2.75) is 18.9 Å². The lowest BCUT2D eigenvalue weighted by Crippen LogP contribution is -2.47. The van der Waals surface area contributed by atoms with Gasteiger partial charge in [-0.25, -0.2) is 0 Å². The molecule has 0 radical (unpaired) electrons. The van der Waals surface area contributed by atoms with Gasteiger partial charge in [0.15, 0.2) is 0 Å². The van der Waals surface area contributed by atoms with Gasteiger partial charge in [0.25, 0.3) is 0 Å². The first-order valence-electron chi connectivity index (χ1n) is 5.05. The summed E-state index contributed by atoms with van der Waals surface area (Å²) in [6.45, 7) is 3.65. The van der Waals surface area contributed by atoms with Crippen LogP contribution in [0.5, 0.6) is 0 Å². The summed E-state index contributed by atoms with van der Waals surface area (Å²) in [6.07, 6.45) is 2.44. The molecule has 0 saturated carbocycles. The zero-order valence-corrected chi connectivity index (χ0v) is 8.94. The van der Waals surface area contributed by atoms with Crippen molar-refractivity contribution in [3.63, 3.8) is 0 Å². The van der Waals surface area contributed by atoms with Crippen LogP contribution in [0.3, 0.4) is 0 Å². The van der Waals surface area contributed by atoms with Crippen molar-refractivity contribution in [3.05, 3.63) is 12.7 Å². The second kappa shape index (κ2) is 5.29. The molecule has 0 bridgehead atoms. The van der Waals surface area contributed by atoms with Crippen LogP contribution in [0, 0.1) is 0 Å². The third kappa shape index (κ3) is 2.82. The van der Waals surface area contributed by atoms with Gasteiger partial charge in [0.2, 0.25) is 17.7 Å². The summed E-state index contributed by atoms with van der Waals surface area (Å²) < 4.78 is 0. The first-order valence-corrected chi connectivity index (χ1v) is 5.05. The van der Waals surface area contributed by atoms with Crippen LogP contribution in [-0.2, 0) is 14.4 Å². The standard InChI is InChI=1S/C10H15N3O3/c1-2-8(14)12-6-9(15)13-5-3-4-7(13)10(11)16/h2,7H,1,3-6H2,(H2,11,16)(H,12,14)/t7-/m0/s1. The van der Waals surface area contributed by atoms with E-state index >= 15 is 0 Å². The highest BCUT2D eigenvalue weighted by Crippen LogP contribution is 2.16. The van der Waals surface area contributed by atoms with Crippen molar-refractivity contribution < 1.29 is 14.4 Å². The number of carbonyl (C=O) groups excluding carboxylic acids is 3. The fourth-order valence-electron chi connectivity index (χ4n) is 1.70. The Morgan fingerprint density at radius 2 is 2.19 bits per heavy atom. The van der Waals surface area contributed by atoms with E-state index in [1.54, 1.807) is 0 Å². The van der Waals surface area contributed by atoms with Crippen LogP contribution in [-0.4, -0.2) is 41.8 Å². The van der Waals surface area contributed by atoms with Crippen molar-refractivity contribution in [1.82, 2.24) is 10.2 Å². The number of nitrogens with zero attached hydrogens (tertiary/aromatic N) is 1. The van der Waals surface area contributed by atoms with Gasteiger partial charge in [-0.2, -0.15) is 0 Å². The van der Waals surface area contributed by atoms with Crippen LogP contribution in [0.15, 0.2) is 12.7 Å². The lowest BCUT2D eigenvalue weighted by molar-refractivity contribution is -0.137. The topological polar surface area (TPSA) is 92.5 Å². The van der Waals surface area contributed by atoms with Gasteiger partial charge >= 0.3 is 0 Å². The molecule has 1 aliphatic heterocycles. The first-order chi connectivity index (χ1) is 7.56. The zero-order valence-electron chi connectivity index (χ0n) is 8.94. The Hall–Kier alpha value is -1.85. The minimum absolute atomic E-state index is 0.130. The molecule has 16 heavy (non-hydrogen) atoms. The molecule has 0 aromatic carbocycles. The van der Waals surface area contributed by atoms with Crippen LogP contribution in [0.25, 0.3) is 0 Å². The largest absolute Gasteiger partial charge is 0.368 e. The molecule has 1 fully saturated rings. The average Bonchev–Trinajstić information content (AvgIpc) is 2.74. The highest BCUT2D eigenvalue weighted by Gasteiger charge is 2.32. The Morgan fingerprint density at radius 3 is 2.75 bits per heavy atom. The average molecular weight is 225 g/mol. The minimum atomic E-state index is -0.534. The van der Waals surface area contributed by atoms with Crippen molar-refractivity contribution in [1.29, 1.82) is 0 Å². The molecule has 6 nitrogen and oxygen atoms in total. The summed E-state index contributed by atoms with van der Waals surface area (Å²) in [5, 5.41) is 2.37. The number of rotatable bonds is 4. The van der Waals surface area contributed by atoms with Crippen LogP contribution in [0.1, 0.15) is 12.8 Å². The van der Waals surface area contributed by atoms with E-state index in [2.05, 4.69) is 11.9 Å². The summed E-state index contributed by atoms with van der Waals surface area (Å²) in [5.74, 6) is -1.21. The second-order valence-electron chi connectivity index (χ2n) is 3.57. The molecule has 1 aliphatic rings. The molecular formula is C10H15N3O3. The summed E-state index contributed by atoms with van der Waals surface area (Å²) in [6, 6.07) is -0.534. The predicted molar refractivity (Wildman–Crippen MR) is 57.1 cm³/mol. The van der Waals surface area contributed by atoms with Crippen molar-refractivity contribution in [2.24, 2.45) is 5.73 Å². The molecule has 1 heterocycles. The Kier molecular flexibility index (Phi) is 4.04. The molecule has 1 saturated heterocycles. The van der Waals surface area contributed by atoms with Crippen LogP contribution >= 0.6 is 0 Å². The number of nitrogens with one attached hydrogen (secondary N) is 1. The molecular weight excluding hydrogens is 210 g/mol. The molecule has 0 aliphatic carbocycles. The number of likely N-dealkylation sites (tertiary alicyclic amines) is 1. The lowest BCUT2D eigenvalue weighted by Gasteiger charge is -2.22. The second-order valence-corrected chi connectivity index (χ2v) is 3.57. The van der Waals surface area contributed by atoms with E-state index in [9.17, 15) is 14.4 Å². The first kappa shape index (κ1) is 12.2. The monoisotopic (exact) mass is 225 g/mol. The van der Waals surface area contributed by atoms with E-state index in [1.807, 2.05) is 0 Å². The fourth-order valence-corrected chi connectivity index (χ4v) is 1.70. The normalized spacial score (nSPS) is 19.2. The lowest BCUT2D eigenvalue weighted by atomic mass is 10.2. The van der Waals surface area contributed by atoms with E-state index in [4.69, 9.17) is 5.73 Å². The van der Waals surface area contributed by atoms with Gasteiger partial charge in [-0.05, 0) is 18.9 Å².